The van der Waals surface area contributed by atoms with Crippen LogP contribution in [0.25, 0.3) is 11.8 Å². The topological polar surface area (TPSA) is 46.5 Å². The van der Waals surface area contributed by atoms with Crippen LogP contribution in [0.5, 0.6) is 5.75 Å². The van der Waals surface area contributed by atoms with E-state index in [1.807, 2.05) is 36.5 Å². The van der Waals surface area contributed by atoms with Gasteiger partial charge in [-0.15, -0.1) is 0 Å². The van der Waals surface area contributed by atoms with Crippen molar-refractivity contribution in [1.29, 1.82) is 0 Å². The van der Waals surface area contributed by atoms with E-state index in [-0.39, 0.29) is 5.56 Å². The Morgan fingerprint density at radius 3 is 2.64 bits per heavy atom. The number of hydrogen-bond acceptors (Lipinski definition) is 4. The fourth-order valence-electron chi connectivity index (χ4n) is 5.91. The molecule has 186 valence electrons. The summed E-state index contributed by atoms with van der Waals surface area (Å²) in [6.07, 6.45) is 7.10. The molecular formula is C30H32ClN3O2. The van der Waals surface area contributed by atoms with E-state index in [4.69, 9.17) is 16.3 Å². The number of halogens is 1. The van der Waals surface area contributed by atoms with E-state index < -0.39 is 0 Å². The van der Waals surface area contributed by atoms with Crippen molar-refractivity contribution in [2.45, 2.75) is 32.4 Å². The van der Waals surface area contributed by atoms with Gasteiger partial charge in [0.1, 0.15) is 12.4 Å². The molecule has 1 N–H and O–H groups in total. The van der Waals surface area contributed by atoms with Crippen molar-refractivity contribution in [3.8, 4) is 5.75 Å². The van der Waals surface area contributed by atoms with Gasteiger partial charge in [-0.25, -0.2) is 0 Å². The number of aryl methyl sites for hydroxylation is 1. The molecule has 0 saturated carbocycles. The summed E-state index contributed by atoms with van der Waals surface area (Å²) in [5.74, 6) is 2.25. The first-order valence-corrected chi connectivity index (χ1v) is 13.3. The number of likely N-dealkylation sites (tertiary alicyclic amines) is 1. The van der Waals surface area contributed by atoms with Gasteiger partial charge in [0.25, 0.3) is 5.56 Å². The fraction of sp³-hybridized carbons (Fsp3) is 0.367. The first kappa shape index (κ1) is 23.5. The smallest absolute Gasteiger partial charge is 0.258 e. The Morgan fingerprint density at radius 1 is 0.972 bits per heavy atom. The second kappa shape index (κ2) is 10.3. The molecule has 0 unspecified atom stereocenters. The van der Waals surface area contributed by atoms with Crippen LogP contribution < -0.4 is 15.6 Å². The summed E-state index contributed by atoms with van der Waals surface area (Å²) in [5, 5.41) is 4.25. The molecule has 3 aromatic rings. The molecule has 0 amide bonds. The van der Waals surface area contributed by atoms with Crippen molar-refractivity contribution in [1.82, 2.24) is 14.8 Å². The molecule has 0 bridgehead atoms. The number of ether oxygens (including phenoxy) is 1. The van der Waals surface area contributed by atoms with Gasteiger partial charge in [-0.1, -0.05) is 41.9 Å². The van der Waals surface area contributed by atoms with E-state index in [1.165, 1.54) is 49.3 Å². The van der Waals surface area contributed by atoms with E-state index in [0.29, 0.717) is 17.4 Å². The lowest BCUT2D eigenvalue weighted by Crippen LogP contribution is -2.35. The van der Waals surface area contributed by atoms with Crippen molar-refractivity contribution < 1.29 is 4.74 Å². The molecule has 3 heterocycles. The second-order valence-corrected chi connectivity index (χ2v) is 10.8. The third-order valence-electron chi connectivity index (χ3n) is 7.86. The molecule has 5 nitrogen and oxygen atoms in total. The lowest BCUT2D eigenvalue weighted by Gasteiger charge is -2.24. The minimum atomic E-state index is -0.0695. The number of hydrogen-bond donors (Lipinski definition) is 1. The first-order chi connectivity index (χ1) is 17.6. The molecule has 2 saturated heterocycles. The van der Waals surface area contributed by atoms with Crippen molar-refractivity contribution in [2.24, 2.45) is 11.8 Å². The maximum absolute atomic E-state index is 12.9. The molecule has 0 spiro atoms. The average molecular weight is 502 g/mol. The Hall–Kier alpha value is -2.86. The minimum absolute atomic E-state index is 0.0695. The maximum Gasteiger partial charge on any atom is 0.258 e. The number of nitrogens with one attached hydrogen (secondary N) is 1. The van der Waals surface area contributed by atoms with Crippen molar-refractivity contribution >= 4 is 23.4 Å². The van der Waals surface area contributed by atoms with Crippen LogP contribution in [0.1, 0.15) is 35.1 Å². The highest BCUT2D eigenvalue weighted by Crippen LogP contribution is 2.31. The molecule has 2 aromatic carbocycles. The van der Waals surface area contributed by atoms with Gasteiger partial charge in [0.05, 0.1) is 0 Å². The third-order valence-corrected chi connectivity index (χ3v) is 8.11. The number of fused-ring (bicyclic) bond motifs is 2. The number of pyridine rings is 1. The molecule has 1 aromatic heterocycles. The van der Waals surface area contributed by atoms with Crippen LogP contribution in [-0.4, -0.2) is 35.6 Å². The summed E-state index contributed by atoms with van der Waals surface area (Å²) in [5.41, 5.74) is 5.96. The van der Waals surface area contributed by atoms with E-state index in [1.54, 1.807) is 10.6 Å². The second-order valence-electron chi connectivity index (χ2n) is 10.4. The predicted molar refractivity (Wildman–Crippen MR) is 145 cm³/mol. The van der Waals surface area contributed by atoms with E-state index in [2.05, 4.69) is 34.5 Å². The molecule has 3 aliphatic rings. The normalized spacial score (nSPS) is 21.5. The van der Waals surface area contributed by atoms with Crippen LogP contribution in [0.2, 0.25) is 5.02 Å². The molecular weight excluding hydrogens is 470 g/mol. The zero-order valence-corrected chi connectivity index (χ0v) is 21.2. The summed E-state index contributed by atoms with van der Waals surface area (Å²) in [6, 6.07) is 17.8. The number of rotatable bonds is 6. The number of piperidine rings is 1. The van der Waals surface area contributed by atoms with Gasteiger partial charge in [0.15, 0.2) is 0 Å². The van der Waals surface area contributed by atoms with E-state index in [9.17, 15) is 4.79 Å². The molecule has 2 aliphatic heterocycles. The number of allylic oxidation sites excluding steroid dienone is 1. The SMILES string of the molecule is O=c1cc(OCc2ccc(Cl)cc2)ccn1C1=Cc2ccc(CN3C[C@H]4CNCC[C@H]4C3)cc2CC1. The van der Waals surface area contributed by atoms with Crippen LogP contribution in [0.3, 0.4) is 0 Å². The van der Waals surface area contributed by atoms with Crippen molar-refractivity contribution in [2.75, 3.05) is 26.2 Å². The highest BCUT2D eigenvalue weighted by atomic mass is 35.5. The summed E-state index contributed by atoms with van der Waals surface area (Å²) in [4.78, 5) is 15.5. The quantitative estimate of drug-likeness (QED) is 0.512. The van der Waals surface area contributed by atoms with Crippen molar-refractivity contribution in [3.63, 3.8) is 0 Å². The Bertz CT molecular complexity index is 1320. The Balaban J connectivity index is 1.12. The molecule has 1 aliphatic carbocycles. The summed E-state index contributed by atoms with van der Waals surface area (Å²) < 4.78 is 7.57. The van der Waals surface area contributed by atoms with Gasteiger partial charge in [-0.3, -0.25) is 14.3 Å². The van der Waals surface area contributed by atoms with Crippen LogP contribution in [0.4, 0.5) is 0 Å². The van der Waals surface area contributed by atoms with E-state index in [0.717, 1.165) is 42.5 Å². The van der Waals surface area contributed by atoms with E-state index >= 15 is 0 Å². The third kappa shape index (κ3) is 5.15. The van der Waals surface area contributed by atoms with Gasteiger partial charge in [0.2, 0.25) is 0 Å². The number of aromatic nitrogens is 1. The molecule has 0 radical (unpaired) electrons. The summed E-state index contributed by atoms with van der Waals surface area (Å²) in [6.45, 7) is 6.22. The monoisotopic (exact) mass is 501 g/mol. The fourth-order valence-corrected chi connectivity index (χ4v) is 6.04. The molecule has 2 atom stereocenters. The Morgan fingerprint density at radius 2 is 1.81 bits per heavy atom. The van der Waals surface area contributed by atoms with Gasteiger partial charge < -0.3 is 10.1 Å². The zero-order valence-electron chi connectivity index (χ0n) is 20.5. The lowest BCUT2D eigenvalue weighted by atomic mass is 9.90. The minimum Gasteiger partial charge on any atom is -0.489 e. The predicted octanol–water partition coefficient (Wildman–Crippen LogP) is 5.07. The zero-order chi connectivity index (χ0) is 24.5. The van der Waals surface area contributed by atoms with Gasteiger partial charge in [-0.2, -0.15) is 0 Å². The summed E-state index contributed by atoms with van der Waals surface area (Å²) >= 11 is 5.94. The average Bonchev–Trinajstić information content (AvgIpc) is 3.30. The van der Waals surface area contributed by atoms with Crippen LogP contribution >= 0.6 is 11.6 Å². The first-order valence-electron chi connectivity index (χ1n) is 13.0. The Kier molecular flexibility index (Phi) is 6.70. The van der Waals surface area contributed by atoms with Gasteiger partial charge in [-0.05, 0) is 90.7 Å². The molecule has 2 fully saturated rings. The highest BCUT2D eigenvalue weighted by Gasteiger charge is 2.34. The molecule has 6 heteroatoms. The molecule has 36 heavy (non-hydrogen) atoms. The maximum atomic E-state index is 12.9. The van der Waals surface area contributed by atoms with Crippen LogP contribution in [0, 0.1) is 11.8 Å². The van der Waals surface area contributed by atoms with Crippen molar-refractivity contribution in [3.05, 3.63) is 98.4 Å². The lowest BCUT2D eigenvalue weighted by molar-refractivity contribution is 0.305. The summed E-state index contributed by atoms with van der Waals surface area (Å²) in [7, 11) is 0. The van der Waals surface area contributed by atoms with Crippen LogP contribution in [0.15, 0.2) is 65.6 Å². The highest BCUT2D eigenvalue weighted by molar-refractivity contribution is 6.30. The number of benzene rings is 2. The Labute approximate surface area is 217 Å². The van der Waals surface area contributed by atoms with Gasteiger partial charge >= 0.3 is 0 Å². The molecule has 6 rings (SSSR count). The largest absolute Gasteiger partial charge is 0.489 e. The number of nitrogens with zero attached hydrogens (tertiary/aromatic N) is 2. The standard InChI is InChI=1S/C30H32ClN3O2/c31-27-6-2-21(3-7-27)20-36-29-10-12-34(30(35)15-29)28-8-5-23-13-22(1-4-24(23)14-28)17-33-18-25-9-11-32-16-26(25)19-33/h1-4,6-7,10,12-15,25-26,32H,5,8-9,11,16-20H2/t25-,26+/m0/s1. The van der Waals surface area contributed by atoms with Gasteiger partial charge in [0, 0.05) is 42.6 Å². The van der Waals surface area contributed by atoms with Crippen LogP contribution in [-0.2, 0) is 19.6 Å².